The second kappa shape index (κ2) is 7.70. The Morgan fingerprint density at radius 3 is 2.33 bits per heavy atom. The van der Waals surface area contributed by atoms with E-state index in [9.17, 15) is 22.0 Å². The molecule has 2 aromatic carbocycles. The Morgan fingerprint density at radius 2 is 1.67 bits per heavy atom. The molecule has 27 heavy (non-hydrogen) atoms. The molecule has 0 aliphatic carbocycles. The quantitative estimate of drug-likeness (QED) is 0.388. The van der Waals surface area contributed by atoms with Gasteiger partial charge in [0.05, 0.1) is 12.1 Å². The summed E-state index contributed by atoms with van der Waals surface area (Å²) < 4.78 is 68.2. The van der Waals surface area contributed by atoms with Gasteiger partial charge in [0.1, 0.15) is 5.82 Å². The Balaban J connectivity index is 1.70. The first-order valence-corrected chi connectivity index (χ1v) is 7.93. The average molecular weight is 398 g/mol. The molecule has 1 aromatic heterocycles. The van der Waals surface area contributed by atoms with Crippen LogP contribution in [0.25, 0.3) is 0 Å². The number of nitrogens with zero attached hydrogens (tertiary/aromatic N) is 2. The maximum Gasteiger partial charge on any atom is 0.176 e. The van der Waals surface area contributed by atoms with Crippen molar-refractivity contribution in [3.05, 3.63) is 77.2 Å². The molecule has 4 nitrogen and oxygen atoms in total. The zero-order valence-corrected chi connectivity index (χ0v) is 14.3. The normalized spacial score (nSPS) is 10.7. The minimum Gasteiger partial charge on any atom is -0.332 e. The van der Waals surface area contributed by atoms with Crippen molar-refractivity contribution in [2.45, 2.75) is 6.54 Å². The van der Waals surface area contributed by atoms with Crippen LogP contribution in [0, 0.1) is 29.1 Å². The molecular formula is C17H11F5N4S. The number of aromatic nitrogens is 2. The van der Waals surface area contributed by atoms with Crippen molar-refractivity contribution in [3.63, 3.8) is 0 Å². The van der Waals surface area contributed by atoms with Gasteiger partial charge in [-0.05, 0) is 30.4 Å². The predicted octanol–water partition coefficient (Wildman–Crippen LogP) is 4.44. The first-order chi connectivity index (χ1) is 12.8. The summed E-state index contributed by atoms with van der Waals surface area (Å²) in [6.45, 7) is -0.530. The highest BCUT2D eigenvalue weighted by molar-refractivity contribution is 7.80. The number of thiocarbonyl (C=S) groups is 1. The molecular weight excluding hydrogens is 387 g/mol. The highest BCUT2D eigenvalue weighted by atomic mass is 32.1. The van der Waals surface area contributed by atoms with E-state index in [-0.39, 0.29) is 17.0 Å². The fourth-order valence-electron chi connectivity index (χ4n) is 2.28. The van der Waals surface area contributed by atoms with Gasteiger partial charge in [-0.2, -0.15) is 5.10 Å². The molecule has 3 rings (SSSR count). The summed E-state index contributed by atoms with van der Waals surface area (Å²) in [4.78, 5) is 0. The van der Waals surface area contributed by atoms with Gasteiger partial charge < -0.3 is 10.6 Å². The van der Waals surface area contributed by atoms with Crippen molar-refractivity contribution < 1.29 is 22.0 Å². The van der Waals surface area contributed by atoms with Gasteiger partial charge in [-0.15, -0.1) is 0 Å². The van der Waals surface area contributed by atoms with Gasteiger partial charge in [0.15, 0.2) is 34.2 Å². The second-order valence-electron chi connectivity index (χ2n) is 5.43. The van der Waals surface area contributed by atoms with Gasteiger partial charge in [-0.3, -0.25) is 4.68 Å². The maximum absolute atomic E-state index is 13.7. The largest absolute Gasteiger partial charge is 0.332 e. The molecule has 0 amide bonds. The zero-order valence-electron chi connectivity index (χ0n) is 13.4. The van der Waals surface area contributed by atoms with Gasteiger partial charge in [0, 0.05) is 24.0 Å². The van der Waals surface area contributed by atoms with E-state index in [0.717, 1.165) is 4.68 Å². The fraction of sp³-hybridized carbons (Fsp3) is 0.0588. The lowest BCUT2D eigenvalue weighted by molar-refractivity contribution is 0.431. The van der Waals surface area contributed by atoms with Crippen LogP contribution in [0.1, 0.15) is 5.56 Å². The Labute approximate surface area is 155 Å². The highest BCUT2D eigenvalue weighted by Crippen LogP contribution is 2.20. The van der Waals surface area contributed by atoms with Crippen LogP contribution in [0.4, 0.5) is 33.5 Å². The number of nitrogens with one attached hydrogen (secondary N) is 2. The number of benzene rings is 2. The van der Waals surface area contributed by atoms with Crippen LogP contribution in [-0.4, -0.2) is 14.9 Å². The minimum absolute atomic E-state index is 0.0972. The van der Waals surface area contributed by atoms with Gasteiger partial charge in [-0.25, -0.2) is 22.0 Å². The third kappa shape index (κ3) is 4.40. The van der Waals surface area contributed by atoms with Crippen molar-refractivity contribution in [1.29, 1.82) is 0 Å². The van der Waals surface area contributed by atoms with Gasteiger partial charge >= 0.3 is 0 Å². The fourth-order valence-corrected chi connectivity index (χ4v) is 2.51. The molecule has 0 unspecified atom stereocenters. The Kier molecular flexibility index (Phi) is 5.36. The SMILES string of the molecule is Fc1cccc(NC(=S)Nc2ccn(Cc3c(F)c(F)cc(F)c3F)n2)c1. The number of hydrogen-bond acceptors (Lipinski definition) is 2. The molecule has 0 saturated heterocycles. The van der Waals surface area contributed by atoms with Crippen LogP contribution in [0.5, 0.6) is 0 Å². The summed E-state index contributed by atoms with van der Waals surface area (Å²) in [7, 11) is 0. The van der Waals surface area contributed by atoms with Crippen LogP contribution in [0.2, 0.25) is 0 Å². The van der Waals surface area contributed by atoms with Crippen LogP contribution >= 0.6 is 12.2 Å². The standard InChI is InChI=1S/C17H11F5N4S/c18-9-2-1-3-10(6-9)23-17(27)24-14-4-5-26(25-14)8-11-15(21)12(19)7-13(20)16(11)22/h1-7H,8H2,(H2,23,24,25,27). The summed E-state index contributed by atoms with van der Waals surface area (Å²) in [5.74, 6) is -6.19. The van der Waals surface area contributed by atoms with Crippen molar-refractivity contribution in [3.8, 4) is 0 Å². The molecule has 0 atom stereocenters. The number of halogens is 5. The molecule has 0 saturated carbocycles. The summed E-state index contributed by atoms with van der Waals surface area (Å²) in [6.07, 6.45) is 1.34. The third-order valence-corrected chi connectivity index (χ3v) is 3.69. The molecule has 0 aliphatic rings. The van der Waals surface area contributed by atoms with Crippen molar-refractivity contribution in [1.82, 2.24) is 9.78 Å². The molecule has 10 heteroatoms. The Bertz CT molecular complexity index is 979. The van der Waals surface area contributed by atoms with E-state index in [1.54, 1.807) is 6.07 Å². The predicted molar refractivity (Wildman–Crippen MR) is 93.8 cm³/mol. The Morgan fingerprint density at radius 1 is 0.963 bits per heavy atom. The zero-order chi connectivity index (χ0) is 19.6. The van der Waals surface area contributed by atoms with Crippen LogP contribution < -0.4 is 10.6 Å². The van der Waals surface area contributed by atoms with Crippen LogP contribution in [-0.2, 0) is 6.54 Å². The second-order valence-corrected chi connectivity index (χ2v) is 5.84. The smallest absolute Gasteiger partial charge is 0.176 e. The molecule has 0 aliphatic heterocycles. The van der Waals surface area contributed by atoms with Gasteiger partial charge in [-0.1, -0.05) is 6.07 Å². The molecule has 0 fully saturated rings. The number of rotatable bonds is 4. The highest BCUT2D eigenvalue weighted by Gasteiger charge is 2.19. The third-order valence-electron chi connectivity index (χ3n) is 3.49. The first kappa shape index (κ1) is 18.8. The topological polar surface area (TPSA) is 41.9 Å². The first-order valence-electron chi connectivity index (χ1n) is 7.52. The summed E-state index contributed by atoms with van der Waals surface area (Å²) in [5, 5.41) is 9.50. The lowest BCUT2D eigenvalue weighted by Gasteiger charge is -2.09. The van der Waals surface area contributed by atoms with E-state index in [2.05, 4.69) is 15.7 Å². The van der Waals surface area contributed by atoms with E-state index >= 15 is 0 Å². The van der Waals surface area contributed by atoms with E-state index < -0.39 is 41.2 Å². The number of anilines is 2. The van der Waals surface area contributed by atoms with Crippen LogP contribution in [0.15, 0.2) is 42.6 Å². The molecule has 140 valence electrons. The molecule has 0 spiro atoms. The van der Waals surface area contributed by atoms with Crippen molar-refractivity contribution in [2.24, 2.45) is 0 Å². The molecule has 2 N–H and O–H groups in total. The molecule has 1 heterocycles. The van der Waals surface area contributed by atoms with Gasteiger partial charge in [0.2, 0.25) is 0 Å². The maximum atomic E-state index is 13.7. The molecule has 0 bridgehead atoms. The lowest BCUT2D eigenvalue weighted by Crippen LogP contribution is -2.19. The van der Waals surface area contributed by atoms with Crippen molar-refractivity contribution >= 4 is 28.8 Å². The Hall–Kier alpha value is -3.01. The van der Waals surface area contributed by atoms with E-state index in [0.29, 0.717) is 5.69 Å². The summed E-state index contributed by atoms with van der Waals surface area (Å²) in [6, 6.07) is 7.18. The minimum atomic E-state index is -1.49. The van der Waals surface area contributed by atoms with Crippen LogP contribution in [0.3, 0.4) is 0 Å². The monoisotopic (exact) mass is 398 g/mol. The van der Waals surface area contributed by atoms with E-state index in [1.165, 1.54) is 30.5 Å². The molecule has 0 radical (unpaired) electrons. The average Bonchev–Trinajstić information content (AvgIpc) is 3.04. The van der Waals surface area contributed by atoms with Gasteiger partial charge in [0.25, 0.3) is 0 Å². The lowest BCUT2D eigenvalue weighted by atomic mass is 10.2. The summed E-state index contributed by atoms with van der Waals surface area (Å²) >= 11 is 5.06. The van der Waals surface area contributed by atoms with E-state index in [1.807, 2.05) is 0 Å². The number of hydrogen-bond donors (Lipinski definition) is 2. The summed E-state index contributed by atoms with van der Waals surface area (Å²) in [5.41, 5.74) is -0.381. The van der Waals surface area contributed by atoms with E-state index in [4.69, 9.17) is 12.2 Å². The molecule has 3 aromatic rings. The van der Waals surface area contributed by atoms with Crippen molar-refractivity contribution in [2.75, 3.05) is 10.6 Å².